The van der Waals surface area contributed by atoms with E-state index in [1.54, 1.807) is 12.0 Å². The maximum Gasteiger partial charge on any atom is 0.324 e. The molecule has 0 saturated carbocycles. The Labute approximate surface area is 163 Å². The van der Waals surface area contributed by atoms with Gasteiger partial charge < -0.3 is 9.64 Å². The Bertz CT molecular complexity index is 941. The lowest BCUT2D eigenvalue weighted by Crippen LogP contribution is -2.47. The quantitative estimate of drug-likeness (QED) is 0.688. The molecular formula is C21H23N5O2. The Morgan fingerprint density at radius 2 is 2.07 bits per heavy atom. The summed E-state index contributed by atoms with van der Waals surface area (Å²) in [6, 6.07) is 17.9. The number of hydrogen-bond donors (Lipinski definition) is 2. The highest BCUT2D eigenvalue weighted by molar-refractivity contribution is 5.88. The molecule has 1 aliphatic heterocycles. The highest BCUT2D eigenvalue weighted by Gasteiger charge is 2.34. The van der Waals surface area contributed by atoms with Crippen molar-refractivity contribution in [3.8, 4) is 5.75 Å². The van der Waals surface area contributed by atoms with E-state index in [4.69, 9.17) is 4.74 Å². The fraction of sp³-hybridized carbons (Fsp3) is 0.286. The van der Waals surface area contributed by atoms with Crippen LogP contribution >= 0.6 is 0 Å². The molecule has 2 aromatic carbocycles. The van der Waals surface area contributed by atoms with Crippen LogP contribution in [0.2, 0.25) is 0 Å². The summed E-state index contributed by atoms with van der Waals surface area (Å²) in [5.74, 6) is 1.86. The Hall–Kier alpha value is -3.35. The molecule has 2 heterocycles. The van der Waals surface area contributed by atoms with Crippen LogP contribution in [0.15, 0.2) is 54.6 Å². The van der Waals surface area contributed by atoms with Crippen molar-refractivity contribution in [1.29, 1.82) is 0 Å². The number of hydrogen-bond acceptors (Lipinski definition) is 4. The number of benzene rings is 2. The van der Waals surface area contributed by atoms with Crippen LogP contribution in [0.25, 0.3) is 0 Å². The SMILES string of the molecule is COc1cccc(C2CCN2C(=O)Nc2n[nH]c(CCc3ccccc3)n2)c1. The number of carbonyl (C=O) groups excluding carboxylic acids is 1. The number of ether oxygens (including phenoxy) is 1. The molecule has 1 unspecified atom stereocenters. The molecule has 4 rings (SSSR count). The van der Waals surface area contributed by atoms with Crippen LogP contribution in [0, 0.1) is 0 Å². The third-order valence-electron chi connectivity index (χ3n) is 5.00. The van der Waals surface area contributed by atoms with Gasteiger partial charge in [0.25, 0.3) is 0 Å². The van der Waals surface area contributed by atoms with Gasteiger partial charge in [0.2, 0.25) is 5.95 Å². The number of nitrogens with one attached hydrogen (secondary N) is 2. The van der Waals surface area contributed by atoms with Gasteiger partial charge in [-0.1, -0.05) is 42.5 Å². The largest absolute Gasteiger partial charge is 0.497 e. The van der Waals surface area contributed by atoms with Crippen molar-refractivity contribution >= 4 is 12.0 Å². The minimum Gasteiger partial charge on any atom is -0.497 e. The second kappa shape index (κ2) is 8.12. The van der Waals surface area contributed by atoms with E-state index in [-0.39, 0.29) is 12.1 Å². The first kappa shape index (κ1) is 18.0. The zero-order valence-corrected chi connectivity index (χ0v) is 15.8. The average Bonchev–Trinajstić information content (AvgIpc) is 3.13. The normalized spacial score (nSPS) is 15.8. The number of urea groups is 1. The molecule has 144 valence electrons. The molecule has 2 N–H and O–H groups in total. The monoisotopic (exact) mass is 377 g/mol. The smallest absolute Gasteiger partial charge is 0.324 e. The summed E-state index contributed by atoms with van der Waals surface area (Å²) in [7, 11) is 1.64. The molecule has 1 fully saturated rings. The van der Waals surface area contributed by atoms with Crippen molar-refractivity contribution in [2.45, 2.75) is 25.3 Å². The van der Waals surface area contributed by atoms with Gasteiger partial charge in [-0.3, -0.25) is 10.4 Å². The summed E-state index contributed by atoms with van der Waals surface area (Å²) in [4.78, 5) is 18.8. The number of aryl methyl sites for hydroxylation is 2. The van der Waals surface area contributed by atoms with Crippen LogP contribution in [0.4, 0.5) is 10.7 Å². The van der Waals surface area contributed by atoms with Gasteiger partial charge in [-0.2, -0.15) is 4.98 Å². The Morgan fingerprint density at radius 1 is 1.21 bits per heavy atom. The van der Waals surface area contributed by atoms with Crippen LogP contribution in [0.5, 0.6) is 5.75 Å². The summed E-state index contributed by atoms with van der Waals surface area (Å²) in [5.41, 5.74) is 2.31. The van der Waals surface area contributed by atoms with Crippen molar-refractivity contribution in [3.63, 3.8) is 0 Å². The third-order valence-corrected chi connectivity index (χ3v) is 5.00. The molecule has 1 saturated heterocycles. The van der Waals surface area contributed by atoms with E-state index in [2.05, 4.69) is 32.6 Å². The van der Waals surface area contributed by atoms with Gasteiger partial charge in [0.05, 0.1) is 13.2 Å². The summed E-state index contributed by atoms with van der Waals surface area (Å²) in [6.07, 6.45) is 2.54. The number of aromatic nitrogens is 3. The van der Waals surface area contributed by atoms with Crippen molar-refractivity contribution in [3.05, 3.63) is 71.5 Å². The van der Waals surface area contributed by atoms with Crippen LogP contribution in [0.1, 0.15) is 29.4 Å². The fourth-order valence-corrected chi connectivity index (χ4v) is 3.36. The lowest BCUT2D eigenvalue weighted by molar-refractivity contribution is 0.126. The molecule has 2 amide bonds. The highest BCUT2D eigenvalue weighted by atomic mass is 16.5. The number of amides is 2. The van der Waals surface area contributed by atoms with Crippen LogP contribution in [-0.2, 0) is 12.8 Å². The number of rotatable bonds is 6. The molecule has 1 aromatic heterocycles. The minimum atomic E-state index is -0.187. The van der Waals surface area contributed by atoms with Crippen molar-refractivity contribution in [1.82, 2.24) is 20.1 Å². The minimum absolute atomic E-state index is 0.0478. The summed E-state index contributed by atoms with van der Waals surface area (Å²) in [6.45, 7) is 0.707. The van der Waals surface area contributed by atoms with E-state index in [1.807, 2.05) is 42.5 Å². The second-order valence-electron chi connectivity index (χ2n) is 6.80. The van der Waals surface area contributed by atoms with Gasteiger partial charge in [-0.25, -0.2) is 4.79 Å². The van der Waals surface area contributed by atoms with E-state index >= 15 is 0 Å². The fourth-order valence-electron chi connectivity index (χ4n) is 3.36. The zero-order chi connectivity index (χ0) is 19.3. The molecule has 7 nitrogen and oxygen atoms in total. The van der Waals surface area contributed by atoms with Crippen molar-refractivity contribution in [2.24, 2.45) is 0 Å². The maximum atomic E-state index is 12.6. The van der Waals surface area contributed by atoms with E-state index in [9.17, 15) is 4.79 Å². The highest BCUT2D eigenvalue weighted by Crippen LogP contribution is 2.34. The summed E-state index contributed by atoms with van der Waals surface area (Å²) in [5, 5.41) is 9.82. The first-order valence-corrected chi connectivity index (χ1v) is 9.40. The molecule has 1 aliphatic rings. The molecule has 7 heteroatoms. The van der Waals surface area contributed by atoms with E-state index in [1.165, 1.54) is 5.56 Å². The first-order valence-electron chi connectivity index (χ1n) is 9.40. The number of likely N-dealkylation sites (tertiary alicyclic amines) is 1. The summed E-state index contributed by atoms with van der Waals surface area (Å²) >= 11 is 0. The van der Waals surface area contributed by atoms with Gasteiger partial charge in [-0.05, 0) is 36.1 Å². The molecule has 1 atom stereocenters. The van der Waals surface area contributed by atoms with Gasteiger partial charge in [-0.15, -0.1) is 5.10 Å². The number of methoxy groups -OCH3 is 1. The van der Waals surface area contributed by atoms with Crippen LogP contribution < -0.4 is 10.1 Å². The van der Waals surface area contributed by atoms with E-state index < -0.39 is 0 Å². The number of H-pyrrole nitrogens is 1. The van der Waals surface area contributed by atoms with Crippen molar-refractivity contribution < 1.29 is 9.53 Å². The van der Waals surface area contributed by atoms with Gasteiger partial charge >= 0.3 is 6.03 Å². The average molecular weight is 377 g/mol. The van der Waals surface area contributed by atoms with Gasteiger partial charge in [0.15, 0.2) is 0 Å². The Morgan fingerprint density at radius 3 is 2.82 bits per heavy atom. The van der Waals surface area contributed by atoms with Crippen LogP contribution in [0.3, 0.4) is 0 Å². The standard InChI is InChI=1S/C21H23N5O2/c1-28-17-9-5-8-16(14-17)18-12-13-26(18)21(27)23-20-22-19(24-25-20)11-10-15-6-3-2-4-7-15/h2-9,14,18H,10-13H2,1H3,(H2,22,23,24,25,27). The molecule has 0 spiro atoms. The number of anilines is 1. The zero-order valence-electron chi connectivity index (χ0n) is 15.8. The predicted octanol–water partition coefficient (Wildman–Crippen LogP) is 3.58. The van der Waals surface area contributed by atoms with Gasteiger partial charge in [0, 0.05) is 13.0 Å². The molecule has 0 aliphatic carbocycles. The van der Waals surface area contributed by atoms with Gasteiger partial charge in [0.1, 0.15) is 11.6 Å². The Kier molecular flexibility index (Phi) is 5.23. The lowest BCUT2D eigenvalue weighted by atomic mass is 9.95. The predicted molar refractivity (Wildman–Crippen MR) is 106 cm³/mol. The molecule has 0 bridgehead atoms. The topological polar surface area (TPSA) is 83.1 Å². The third kappa shape index (κ3) is 3.98. The van der Waals surface area contributed by atoms with E-state index in [0.717, 1.165) is 36.4 Å². The van der Waals surface area contributed by atoms with Crippen LogP contribution in [-0.4, -0.2) is 39.8 Å². The lowest BCUT2D eigenvalue weighted by Gasteiger charge is -2.40. The molecule has 28 heavy (non-hydrogen) atoms. The molecular weight excluding hydrogens is 354 g/mol. The molecule has 0 radical (unpaired) electrons. The first-order chi connectivity index (χ1) is 13.7. The van der Waals surface area contributed by atoms with Crippen molar-refractivity contribution in [2.75, 3.05) is 19.0 Å². The Balaban J connectivity index is 1.34. The number of carbonyl (C=O) groups is 1. The number of aromatic amines is 1. The maximum absolute atomic E-state index is 12.6. The second-order valence-corrected chi connectivity index (χ2v) is 6.80. The summed E-state index contributed by atoms with van der Waals surface area (Å²) < 4.78 is 5.28. The molecule has 3 aromatic rings. The van der Waals surface area contributed by atoms with E-state index in [0.29, 0.717) is 12.5 Å². The number of nitrogens with zero attached hydrogens (tertiary/aromatic N) is 3.